The van der Waals surface area contributed by atoms with E-state index >= 15 is 0 Å². The van der Waals surface area contributed by atoms with E-state index in [-0.39, 0.29) is 0 Å². The number of hydrogen-bond acceptors (Lipinski definition) is 1. The summed E-state index contributed by atoms with van der Waals surface area (Å²) in [6.07, 6.45) is 0. The van der Waals surface area contributed by atoms with Crippen LogP contribution >= 0.6 is 9.81 Å². The van der Waals surface area contributed by atoms with E-state index in [1.165, 1.54) is 8.87 Å². The molecule has 0 unspecified atom stereocenters. The predicted octanol–water partition coefficient (Wildman–Crippen LogP) is 1.95. The van der Waals surface area contributed by atoms with E-state index in [9.17, 15) is 0 Å². The van der Waals surface area contributed by atoms with E-state index in [0.29, 0.717) is 0 Å². The Morgan fingerprint density at radius 2 is 1.67 bits per heavy atom. The van der Waals surface area contributed by atoms with Gasteiger partial charge < -0.3 is 0 Å². The van der Waals surface area contributed by atoms with E-state index in [0.717, 1.165) is 0 Å². The van der Waals surface area contributed by atoms with Crippen LogP contribution in [0.1, 0.15) is 13.8 Å². The molecule has 0 rings (SSSR count). The van der Waals surface area contributed by atoms with Gasteiger partial charge in [0, 0.05) is 0 Å². The van der Waals surface area contributed by atoms with Gasteiger partial charge in [0.15, 0.2) is 0 Å². The first-order chi connectivity index (χ1) is 2.81. The fourth-order valence-corrected chi connectivity index (χ4v) is 1.68. The molecule has 0 fully saturated rings. The molecule has 0 spiro atoms. The summed E-state index contributed by atoms with van der Waals surface area (Å²) < 4.78 is 2.78. The molecule has 1 radical (unpaired) electrons. The summed E-state index contributed by atoms with van der Waals surface area (Å²) >= 11 is -0.922. The van der Waals surface area contributed by atoms with Crippen molar-refractivity contribution in [2.45, 2.75) is 22.7 Å². The monoisotopic (exact) mass is 211 g/mol. The van der Waals surface area contributed by atoms with Crippen LogP contribution in [0.25, 0.3) is 0 Å². The summed E-state index contributed by atoms with van der Waals surface area (Å²) in [5.74, 6) is 0. The van der Waals surface area contributed by atoms with Crippen molar-refractivity contribution in [1.82, 2.24) is 0 Å². The van der Waals surface area contributed by atoms with Crippen molar-refractivity contribution in [1.29, 1.82) is 0 Å². The third kappa shape index (κ3) is 3.34. The van der Waals surface area contributed by atoms with Gasteiger partial charge in [0.2, 0.25) is 0 Å². The normalized spacial score (nSPS) is 10.0. The SMILES string of the molecule is C[CH2][Sn]([SH])[CH2]C. The molecule has 0 saturated heterocycles. The van der Waals surface area contributed by atoms with Crippen molar-refractivity contribution >= 4 is 28.2 Å². The van der Waals surface area contributed by atoms with Crippen LogP contribution in [0.5, 0.6) is 0 Å². The van der Waals surface area contributed by atoms with Crippen molar-refractivity contribution in [3.63, 3.8) is 0 Å². The second kappa shape index (κ2) is 4.31. The molecule has 6 heavy (non-hydrogen) atoms. The number of hydrogen-bond donors (Lipinski definition) is 1. The molecule has 0 aromatic heterocycles. The third-order valence-electron chi connectivity index (χ3n) is 0.816. The second-order valence-electron chi connectivity index (χ2n) is 1.27. The van der Waals surface area contributed by atoms with Crippen molar-refractivity contribution in [2.75, 3.05) is 0 Å². The second-order valence-corrected chi connectivity index (χ2v) is 12.8. The molecule has 0 atom stereocenters. The zero-order chi connectivity index (χ0) is 4.99. The third-order valence-corrected chi connectivity index (χ3v) is 9.72. The fraction of sp³-hybridized carbons (Fsp3) is 1.00. The molecule has 0 aromatic rings. The average Bonchev–Trinajstić information content (AvgIpc) is 1.65. The van der Waals surface area contributed by atoms with E-state index in [1.807, 2.05) is 0 Å². The van der Waals surface area contributed by atoms with Gasteiger partial charge >= 0.3 is 50.9 Å². The van der Waals surface area contributed by atoms with E-state index < -0.39 is 18.4 Å². The molecule has 0 aliphatic carbocycles. The van der Waals surface area contributed by atoms with E-state index in [4.69, 9.17) is 0 Å². The molecule has 0 nitrogen and oxygen atoms in total. The minimum absolute atomic E-state index is 0.922. The van der Waals surface area contributed by atoms with Crippen LogP contribution < -0.4 is 0 Å². The zero-order valence-corrected chi connectivity index (χ0v) is 8.11. The summed E-state index contributed by atoms with van der Waals surface area (Å²) in [6.45, 7) is 4.48. The van der Waals surface area contributed by atoms with Gasteiger partial charge in [-0.05, 0) is 0 Å². The van der Waals surface area contributed by atoms with Crippen molar-refractivity contribution in [3.8, 4) is 0 Å². The molecule has 2 heteroatoms. The standard InChI is InChI=1S/2C2H5.H2S.Sn/c2*1-2;;/h2*1H2,2H3;1H2;/q;;;+1/p-1. The molecule has 0 aliphatic rings. The molecule has 0 N–H and O–H groups in total. The van der Waals surface area contributed by atoms with E-state index in [2.05, 4.69) is 23.7 Å². The molecule has 0 bridgehead atoms. The summed E-state index contributed by atoms with van der Waals surface area (Å²) in [5.41, 5.74) is 0. The van der Waals surface area contributed by atoms with Crippen molar-refractivity contribution in [2.24, 2.45) is 0 Å². The maximum atomic E-state index is 4.43. The Bertz CT molecular complexity index is 26.7. The maximum absolute atomic E-state index is 4.43. The summed E-state index contributed by atoms with van der Waals surface area (Å²) in [5, 5.41) is 0. The van der Waals surface area contributed by atoms with Crippen LogP contribution in [-0.4, -0.2) is 18.4 Å². The van der Waals surface area contributed by atoms with Gasteiger partial charge in [-0.2, -0.15) is 0 Å². The van der Waals surface area contributed by atoms with E-state index in [1.54, 1.807) is 0 Å². The summed E-state index contributed by atoms with van der Waals surface area (Å²) in [4.78, 5) is 0. The molecule has 0 heterocycles. The first-order valence-electron chi connectivity index (χ1n) is 2.34. The molecule has 0 aliphatic heterocycles. The Labute approximate surface area is 50.9 Å². The predicted molar refractivity (Wildman–Crippen MR) is 35.7 cm³/mol. The summed E-state index contributed by atoms with van der Waals surface area (Å²) in [7, 11) is 4.43. The molecular formula is C4H11SSn. The average molecular weight is 210 g/mol. The molecule has 37 valence electrons. The van der Waals surface area contributed by atoms with Crippen LogP contribution in [0.2, 0.25) is 8.87 Å². The van der Waals surface area contributed by atoms with Crippen LogP contribution in [0, 0.1) is 0 Å². The quantitative estimate of drug-likeness (QED) is 0.522. The fourth-order valence-electron chi connectivity index (χ4n) is 0.250. The zero-order valence-electron chi connectivity index (χ0n) is 4.36. The van der Waals surface area contributed by atoms with Crippen LogP contribution in [0.4, 0.5) is 0 Å². The van der Waals surface area contributed by atoms with Gasteiger partial charge in [0.1, 0.15) is 0 Å². The molecule has 0 saturated carbocycles. The minimum atomic E-state index is -0.922. The van der Waals surface area contributed by atoms with Crippen molar-refractivity contribution < 1.29 is 0 Å². The first kappa shape index (κ1) is 7.15. The van der Waals surface area contributed by atoms with Gasteiger partial charge in [-0.25, -0.2) is 0 Å². The Kier molecular flexibility index (Phi) is 5.14. The van der Waals surface area contributed by atoms with Crippen LogP contribution in [-0.2, 0) is 0 Å². The summed E-state index contributed by atoms with van der Waals surface area (Å²) in [6, 6.07) is 0. The molecule has 0 amide bonds. The topological polar surface area (TPSA) is 0 Å². The Morgan fingerprint density at radius 3 is 1.67 bits per heavy atom. The molecular weight excluding hydrogens is 199 g/mol. The van der Waals surface area contributed by atoms with Gasteiger partial charge in [0.05, 0.1) is 0 Å². The Balaban J connectivity index is 2.75. The van der Waals surface area contributed by atoms with Gasteiger partial charge in [-0.15, -0.1) is 0 Å². The van der Waals surface area contributed by atoms with Crippen molar-refractivity contribution in [3.05, 3.63) is 0 Å². The van der Waals surface area contributed by atoms with Crippen LogP contribution in [0.3, 0.4) is 0 Å². The first-order valence-corrected chi connectivity index (χ1v) is 10.7. The Hall–Kier alpha value is 1.15. The molecule has 0 aromatic carbocycles. The number of thiol groups is 1. The van der Waals surface area contributed by atoms with Gasteiger partial charge in [-0.1, -0.05) is 0 Å². The van der Waals surface area contributed by atoms with Crippen LogP contribution in [0.15, 0.2) is 0 Å². The number of rotatable bonds is 2. The Morgan fingerprint density at radius 1 is 1.33 bits per heavy atom. The van der Waals surface area contributed by atoms with Gasteiger partial charge in [0.25, 0.3) is 0 Å². The van der Waals surface area contributed by atoms with Gasteiger partial charge in [-0.3, -0.25) is 0 Å².